The van der Waals surface area contributed by atoms with E-state index in [9.17, 15) is 4.79 Å². The van der Waals surface area contributed by atoms with Gasteiger partial charge in [-0.05, 0) is 46.5 Å². The van der Waals surface area contributed by atoms with E-state index in [1.54, 1.807) is 11.7 Å². The molecule has 3 rings (SSSR count). The molecule has 21 heavy (non-hydrogen) atoms. The van der Waals surface area contributed by atoms with Gasteiger partial charge in [0.25, 0.3) is 5.91 Å². The molecule has 0 saturated carbocycles. The molecule has 0 bridgehead atoms. The third-order valence-electron chi connectivity index (χ3n) is 3.07. The van der Waals surface area contributed by atoms with Crippen molar-refractivity contribution in [1.82, 2.24) is 20.2 Å². The third-order valence-corrected chi connectivity index (χ3v) is 4.08. The van der Waals surface area contributed by atoms with E-state index < -0.39 is 0 Å². The van der Waals surface area contributed by atoms with Crippen molar-refractivity contribution in [3.05, 3.63) is 46.2 Å². The summed E-state index contributed by atoms with van der Waals surface area (Å²) in [7, 11) is 1.77. The Hall–Kier alpha value is -2.54. The highest BCUT2D eigenvalue weighted by molar-refractivity contribution is 7.12. The van der Waals surface area contributed by atoms with Crippen LogP contribution in [-0.4, -0.2) is 26.1 Å². The minimum atomic E-state index is -0.101. The van der Waals surface area contributed by atoms with E-state index in [4.69, 9.17) is 0 Å². The Labute approximate surface area is 125 Å². The number of nitrogens with one attached hydrogen (secondary N) is 1. The highest BCUT2D eigenvalue weighted by atomic mass is 32.1. The normalized spacial score (nSPS) is 10.6. The fraction of sp³-hybridized carbons (Fsp3) is 0.143. The number of amides is 1. The average molecular weight is 299 g/mol. The van der Waals surface area contributed by atoms with Crippen molar-refractivity contribution < 1.29 is 4.79 Å². The number of rotatable bonds is 3. The minimum absolute atomic E-state index is 0.101. The molecule has 0 unspecified atom stereocenters. The van der Waals surface area contributed by atoms with Gasteiger partial charge in [-0.25, -0.2) is 4.68 Å². The van der Waals surface area contributed by atoms with Gasteiger partial charge in [-0.1, -0.05) is 12.1 Å². The van der Waals surface area contributed by atoms with E-state index >= 15 is 0 Å². The van der Waals surface area contributed by atoms with Crippen LogP contribution < -0.4 is 5.32 Å². The molecule has 0 aliphatic heterocycles. The molecule has 0 aliphatic rings. The second kappa shape index (κ2) is 5.45. The minimum Gasteiger partial charge on any atom is -0.321 e. The van der Waals surface area contributed by atoms with Crippen molar-refractivity contribution in [2.45, 2.75) is 6.92 Å². The number of tetrazole rings is 1. The molecule has 7 heteroatoms. The lowest BCUT2D eigenvalue weighted by molar-refractivity contribution is 0.103. The summed E-state index contributed by atoms with van der Waals surface area (Å²) in [4.78, 5) is 12.9. The highest BCUT2D eigenvalue weighted by Gasteiger charge is 2.12. The summed E-state index contributed by atoms with van der Waals surface area (Å²) in [5, 5.41) is 16.2. The Balaban J connectivity index is 1.86. The molecular weight excluding hydrogens is 286 g/mol. The molecule has 6 nitrogen and oxygen atoms in total. The van der Waals surface area contributed by atoms with Gasteiger partial charge in [0.2, 0.25) is 0 Å². The Morgan fingerprint density at radius 1 is 1.33 bits per heavy atom. The van der Waals surface area contributed by atoms with Gasteiger partial charge in [0.05, 0.1) is 4.88 Å². The summed E-state index contributed by atoms with van der Waals surface area (Å²) in [6, 6.07) is 9.39. The van der Waals surface area contributed by atoms with E-state index in [-0.39, 0.29) is 5.91 Å². The number of anilines is 1. The standard InChI is InChI=1S/C14H13N5OS/c1-9-6-7-21-12(9)14(20)15-11-5-3-4-10(8-11)13-16-17-18-19(13)2/h3-8H,1-2H3,(H,15,20). The van der Waals surface area contributed by atoms with Gasteiger partial charge in [-0.3, -0.25) is 4.79 Å². The number of hydrogen-bond donors (Lipinski definition) is 1. The fourth-order valence-electron chi connectivity index (χ4n) is 2.00. The van der Waals surface area contributed by atoms with Gasteiger partial charge in [-0.2, -0.15) is 0 Å². The van der Waals surface area contributed by atoms with Gasteiger partial charge < -0.3 is 5.32 Å². The molecule has 106 valence electrons. The van der Waals surface area contributed by atoms with Crippen LogP contribution in [0.3, 0.4) is 0 Å². The maximum atomic E-state index is 12.2. The maximum Gasteiger partial charge on any atom is 0.265 e. The summed E-state index contributed by atoms with van der Waals surface area (Å²) >= 11 is 1.43. The van der Waals surface area contributed by atoms with Gasteiger partial charge in [0.1, 0.15) is 0 Å². The number of thiophene rings is 1. The van der Waals surface area contributed by atoms with E-state index in [0.717, 1.165) is 16.0 Å². The van der Waals surface area contributed by atoms with Crippen LogP contribution in [0, 0.1) is 6.92 Å². The van der Waals surface area contributed by atoms with Gasteiger partial charge in [0.15, 0.2) is 5.82 Å². The molecule has 2 heterocycles. The molecule has 0 aliphatic carbocycles. The van der Waals surface area contributed by atoms with Crippen molar-refractivity contribution in [2.75, 3.05) is 5.32 Å². The molecule has 0 atom stereocenters. The molecule has 1 aromatic carbocycles. The van der Waals surface area contributed by atoms with Crippen LogP contribution in [0.25, 0.3) is 11.4 Å². The first-order chi connectivity index (χ1) is 10.1. The van der Waals surface area contributed by atoms with Crippen LogP contribution in [0.2, 0.25) is 0 Å². The van der Waals surface area contributed by atoms with Crippen LogP contribution in [-0.2, 0) is 7.05 Å². The Morgan fingerprint density at radius 3 is 2.86 bits per heavy atom. The highest BCUT2D eigenvalue weighted by Crippen LogP contribution is 2.22. The first kappa shape index (κ1) is 13.4. The summed E-state index contributed by atoms with van der Waals surface area (Å²) < 4.78 is 1.59. The average Bonchev–Trinajstić information content (AvgIpc) is 3.07. The second-order valence-corrected chi connectivity index (χ2v) is 5.51. The quantitative estimate of drug-likeness (QED) is 0.806. The first-order valence-electron chi connectivity index (χ1n) is 6.33. The second-order valence-electron chi connectivity index (χ2n) is 4.59. The number of aryl methyl sites for hydroxylation is 2. The van der Waals surface area contributed by atoms with Crippen molar-refractivity contribution in [3.8, 4) is 11.4 Å². The van der Waals surface area contributed by atoms with E-state index in [1.165, 1.54) is 11.3 Å². The number of hydrogen-bond acceptors (Lipinski definition) is 5. The number of carbonyl (C=O) groups is 1. The third kappa shape index (κ3) is 2.68. The number of nitrogens with zero attached hydrogens (tertiary/aromatic N) is 4. The zero-order valence-corrected chi connectivity index (χ0v) is 12.4. The Morgan fingerprint density at radius 2 is 2.19 bits per heavy atom. The molecular formula is C14H13N5OS. The van der Waals surface area contributed by atoms with Crippen LogP contribution in [0.15, 0.2) is 35.7 Å². The number of benzene rings is 1. The lowest BCUT2D eigenvalue weighted by Crippen LogP contribution is -2.11. The van der Waals surface area contributed by atoms with Crippen LogP contribution in [0.5, 0.6) is 0 Å². The molecule has 2 aromatic heterocycles. The maximum absolute atomic E-state index is 12.2. The smallest absolute Gasteiger partial charge is 0.265 e. The Kier molecular flexibility index (Phi) is 3.49. The molecule has 3 aromatic rings. The molecule has 0 fully saturated rings. The SMILES string of the molecule is Cc1ccsc1C(=O)Nc1cccc(-c2nnnn2C)c1. The molecule has 1 N–H and O–H groups in total. The molecule has 1 amide bonds. The van der Waals surface area contributed by atoms with E-state index in [1.807, 2.05) is 42.6 Å². The fourth-order valence-corrected chi connectivity index (χ4v) is 2.82. The molecule has 0 radical (unpaired) electrons. The van der Waals surface area contributed by atoms with Crippen molar-refractivity contribution >= 4 is 22.9 Å². The summed E-state index contributed by atoms with van der Waals surface area (Å²) in [5.41, 5.74) is 2.54. The first-order valence-corrected chi connectivity index (χ1v) is 7.21. The predicted molar refractivity (Wildman–Crippen MR) is 81.2 cm³/mol. The summed E-state index contributed by atoms with van der Waals surface area (Å²) in [6.45, 7) is 1.92. The predicted octanol–water partition coefficient (Wildman–Crippen LogP) is 2.50. The van der Waals surface area contributed by atoms with Crippen molar-refractivity contribution in [1.29, 1.82) is 0 Å². The monoisotopic (exact) mass is 299 g/mol. The topological polar surface area (TPSA) is 72.7 Å². The van der Waals surface area contributed by atoms with E-state index in [0.29, 0.717) is 11.5 Å². The van der Waals surface area contributed by atoms with Crippen LogP contribution in [0.1, 0.15) is 15.2 Å². The zero-order valence-electron chi connectivity index (χ0n) is 11.6. The van der Waals surface area contributed by atoms with Crippen molar-refractivity contribution in [2.24, 2.45) is 7.05 Å². The Bertz CT molecular complexity index is 792. The van der Waals surface area contributed by atoms with Crippen molar-refractivity contribution in [3.63, 3.8) is 0 Å². The summed E-state index contributed by atoms with van der Waals surface area (Å²) in [5.74, 6) is 0.550. The largest absolute Gasteiger partial charge is 0.321 e. The number of carbonyl (C=O) groups excluding carboxylic acids is 1. The zero-order chi connectivity index (χ0) is 14.8. The van der Waals surface area contributed by atoms with Gasteiger partial charge in [-0.15, -0.1) is 16.4 Å². The van der Waals surface area contributed by atoms with Crippen LogP contribution >= 0.6 is 11.3 Å². The molecule has 0 spiro atoms. The lowest BCUT2D eigenvalue weighted by Gasteiger charge is -2.06. The van der Waals surface area contributed by atoms with Gasteiger partial charge in [0, 0.05) is 18.3 Å². The lowest BCUT2D eigenvalue weighted by atomic mass is 10.2. The van der Waals surface area contributed by atoms with E-state index in [2.05, 4.69) is 20.8 Å². The van der Waals surface area contributed by atoms with Gasteiger partial charge >= 0.3 is 0 Å². The summed E-state index contributed by atoms with van der Waals surface area (Å²) in [6.07, 6.45) is 0. The number of aromatic nitrogens is 4. The molecule has 0 saturated heterocycles. The van der Waals surface area contributed by atoms with Crippen LogP contribution in [0.4, 0.5) is 5.69 Å².